The SMILES string of the molecule is CCNC(=O)Nc1cc(Cl)ccc1C(N)=NO. The predicted molar refractivity (Wildman–Crippen MR) is 66.7 cm³/mol. The Labute approximate surface area is 103 Å². The Bertz CT molecular complexity index is 448. The molecule has 0 aliphatic heterocycles. The average Bonchev–Trinajstić information content (AvgIpc) is 2.28. The van der Waals surface area contributed by atoms with E-state index in [1.165, 1.54) is 6.07 Å². The predicted octanol–water partition coefficient (Wildman–Crippen LogP) is 1.58. The second-order valence-corrected chi connectivity index (χ2v) is 3.60. The number of rotatable bonds is 3. The third kappa shape index (κ3) is 3.53. The van der Waals surface area contributed by atoms with E-state index in [1.807, 2.05) is 0 Å². The van der Waals surface area contributed by atoms with Crippen LogP contribution < -0.4 is 16.4 Å². The number of nitrogens with zero attached hydrogens (tertiary/aromatic N) is 1. The molecule has 0 heterocycles. The summed E-state index contributed by atoms with van der Waals surface area (Å²) in [6.07, 6.45) is 0. The normalized spacial score (nSPS) is 11.1. The molecular formula is C10H13ClN4O2. The third-order valence-corrected chi connectivity index (χ3v) is 2.19. The molecule has 0 bridgehead atoms. The Kier molecular flexibility index (Phi) is 4.59. The van der Waals surface area contributed by atoms with Crippen molar-refractivity contribution in [3.05, 3.63) is 28.8 Å². The van der Waals surface area contributed by atoms with Crippen LogP contribution >= 0.6 is 11.6 Å². The van der Waals surface area contributed by atoms with Crippen LogP contribution in [0.1, 0.15) is 12.5 Å². The summed E-state index contributed by atoms with van der Waals surface area (Å²) in [7, 11) is 0. The van der Waals surface area contributed by atoms with Crippen molar-refractivity contribution in [2.45, 2.75) is 6.92 Å². The number of amides is 2. The van der Waals surface area contributed by atoms with E-state index < -0.39 is 0 Å². The van der Waals surface area contributed by atoms with Crippen molar-refractivity contribution < 1.29 is 10.0 Å². The monoisotopic (exact) mass is 256 g/mol. The standard InChI is InChI=1S/C10H13ClN4O2/c1-2-13-10(16)14-8-5-6(11)3-4-7(8)9(12)15-17/h3-5,17H,2H2,1H3,(H2,12,15)(H2,13,14,16). The largest absolute Gasteiger partial charge is 0.409 e. The van der Waals surface area contributed by atoms with Crippen LogP contribution in [0, 0.1) is 0 Å². The number of amidine groups is 1. The van der Waals surface area contributed by atoms with E-state index in [0.717, 1.165) is 0 Å². The molecule has 2 amide bonds. The Balaban J connectivity index is 3.03. The van der Waals surface area contributed by atoms with Gasteiger partial charge in [-0.05, 0) is 25.1 Å². The van der Waals surface area contributed by atoms with Gasteiger partial charge in [-0.2, -0.15) is 0 Å². The van der Waals surface area contributed by atoms with Crippen LogP contribution in [0.3, 0.4) is 0 Å². The van der Waals surface area contributed by atoms with Gasteiger partial charge < -0.3 is 21.6 Å². The number of urea groups is 1. The summed E-state index contributed by atoms with van der Waals surface area (Å²) in [4.78, 5) is 11.4. The molecule has 0 aliphatic rings. The Hall–Kier alpha value is -1.95. The molecule has 17 heavy (non-hydrogen) atoms. The number of oxime groups is 1. The van der Waals surface area contributed by atoms with Gasteiger partial charge in [0.2, 0.25) is 0 Å². The number of nitrogens with two attached hydrogens (primary N) is 1. The molecular weight excluding hydrogens is 244 g/mol. The van der Waals surface area contributed by atoms with Crippen LogP contribution in [0.15, 0.2) is 23.4 Å². The van der Waals surface area contributed by atoms with Crippen molar-refractivity contribution in [2.75, 3.05) is 11.9 Å². The van der Waals surface area contributed by atoms with Crippen molar-refractivity contribution in [2.24, 2.45) is 10.9 Å². The maximum atomic E-state index is 11.4. The number of nitrogens with one attached hydrogen (secondary N) is 2. The topological polar surface area (TPSA) is 99.7 Å². The summed E-state index contributed by atoms with van der Waals surface area (Å²) in [6, 6.07) is 4.27. The minimum atomic E-state index is -0.387. The Morgan fingerprint density at radius 3 is 2.88 bits per heavy atom. The number of halogens is 1. The summed E-state index contributed by atoms with van der Waals surface area (Å²) >= 11 is 5.81. The van der Waals surface area contributed by atoms with Crippen LogP contribution in [0.5, 0.6) is 0 Å². The van der Waals surface area contributed by atoms with E-state index >= 15 is 0 Å². The van der Waals surface area contributed by atoms with Crippen molar-refractivity contribution in [1.29, 1.82) is 0 Å². The number of benzene rings is 1. The van der Waals surface area contributed by atoms with Crippen molar-refractivity contribution >= 4 is 29.2 Å². The molecule has 0 spiro atoms. The second-order valence-electron chi connectivity index (χ2n) is 3.16. The molecule has 1 aromatic carbocycles. The molecule has 0 fully saturated rings. The van der Waals surface area contributed by atoms with E-state index in [9.17, 15) is 4.79 Å². The number of hydrogen-bond donors (Lipinski definition) is 4. The van der Waals surface area contributed by atoms with Crippen LogP contribution in [0.25, 0.3) is 0 Å². The summed E-state index contributed by atoms with van der Waals surface area (Å²) in [6.45, 7) is 2.29. The van der Waals surface area contributed by atoms with Crippen molar-refractivity contribution in [1.82, 2.24) is 5.32 Å². The summed E-state index contributed by atoms with van der Waals surface area (Å²) in [5, 5.41) is 17.1. The van der Waals surface area contributed by atoms with Crippen LogP contribution in [0.4, 0.5) is 10.5 Å². The van der Waals surface area contributed by atoms with Gasteiger partial charge in [0, 0.05) is 17.1 Å². The van der Waals surface area contributed by atoms with E-state index in [1.54, 1.807) is 19.1 Å². The molecule has 1 aromatic rings. The smallest absolute Gasteiger partial charge is 0.319 e. The van der Waals surface area contributed by atoms with Gasteiger partial charge in [-0.25, -0.2) is 4.79 Å². The first-order valence-electron chi connectivity index (χ1n) is 4.90. The molecule has 92 valence electrons. The number of hydrogen-bond acceptors (Lipinski definition) is 3. The summed E-state index contributed by atoms with van der Waals surface area (Å²) < 4.78 is 0. The van der Waals surface area contributed by atoms with E-state index in [2.05, 4.69) is 15.8 Å². The minimum Gasteiger partial charge on any atom is -0.409 e. The zero-order valence-corrected chi connectivity index (χ0v) is 9.95. The second kappa shape index (κ2) is 5.95. The zero-order valence-electron chi connectivity index (χ0n) is 9.20. The van der Waals surface area contributed by atoms with Gasteiger partial charge in [0.1, 0.15) is 0 Å². The quantitative estimate of drug-likeness (QED) is 0.286. The third-order valence-electron chi connectivity index (χ3n) is 1.95. The van der Waals surface area contributed by atoms with Gasteiger partial charge in [0.25, 0.3) is 0 Å². The highest BCUT2D eigenvalue weighted by molar-refractivity contribution is 6.31. The van der Waals surface area contributed by atoms with Crippen LogP contribution in [0.2, 0.25) is 5.02 Å². The fourth-order valence-corrected chi connectivity index (χ4v) is 1.40. The fourth-order valence-electron chi connectivity index (χ4n) is 1.22. The number of anilines is 1. The maximum absolute atomic E-state index is 11.4. The minimum absolute atomic E-state index is 0.103. The van der Waals surface area contributed by atoms with Crippen LogP contribution in [-0.4, -0.2) is 23.6 Å². The maximum Gasteiger partial charge on any atom is 0.319 e. The molecule has 0 atom stereocenters. The van der Waals surface area contributed by atoms with Gasteiger partial charge in [0.05, 0.1) is 5.69 Å². The number of carbonyl (C=O) groups excluding carboxylic acids is 1. The lowest BCUT2D eigenvalue weighted by molar-refractivity contribution is 0.252. The first-order chi connectivity index (χ1) is 8.08. The highest BCUT2D eigenvalue weighted by Gasteiger charge is 2.10. The van der Waals surface area contributed by atoms with Gasteiger partial charge >= 0.3 is 6.03 Å². The van der Waals surface area contributed by atoms with Crippen LogP contribution in [-0.2, 0) is 0 Å². The van der Waals surface area contributed by atoms with E-state index in [-0.39, 0.29) is 11.9 Å². The van der Waals surface area contributed by atoms with E-state index in [0.29, 0.717) is 22.8 Å². The fraction of sp³-hybridized carbons (Fsp3) is 0.200. The Morgan fingerprint density at radius 2 is 2.29 bits per heavy atom. The first kappa shape index (κ1) is 13.1. The summed E-state index contributed by atoms with van der Waals surface area (Å²) in [5.41, 5.74) is 6.25. The zero-order chi connectivity index (χ0) is 12.8. The van der Waals surface area contributed by atoms with Crippen molar-refractivity contribution in [3.63, 3.8) is 0 Å². The van der Waals surface area contributed by atoms with Gasteiger partial charge in [-0.3, -0.25) is 0 Å². The Morgan fingerprint density at radius 1 is 1.59 bits per heavy atom. The molecule has 1 rings (SSSR count). The molecule has 0 unspecified atom stereocenters. The molecule has 7 heteroatoms. The average molecular weight is 257 g/mol. The molecule has 0 saturated heterocycles. The van der Waals surface area contributed by atoms with Gasteiger partial charge in [-0.1, -0.05) is 16.8 Å². The highest BCUT2D eigenvalue weighted by Crippen LogP contribution is 2.20. The van der Waals surface area contributed by atoms with Gasteiger partial charge in [0.15, 0.2) is 5.84 Å². The molecule has 0 aliphatic carbocycles. The van der Waals surface area contributed by atoms with E-state index in [4.69, 9.17) is 22.5 Å². The summed E-state index contributed by atoms with van der Waals surface area (Å²) in [5.74, 6) is -0.103. The van der Waals surface area contributed by atoms with Gasteiger partial charge in [-0.15, -0.1) is 0 Å². The molecule has 6 nitrogen and oxygen atoms in total. The van der Waals surface area contributed by atoms with Crippen molar-refractivity contribution in [3.8, 4) is 0 Å². The first-order valence-corrected chi connectivity index (χ1v) is 5.28. The molecule has 0 aromatic heterocycles. The highest BCUT2D eigenvalue weighted by atomic mass is 35.5. The number of carbonyl (C=O) groups is 1. The molecule has 0 radical (unpaired) electrons. The lowest BCUT2D eigenvalue weighted by atomic mass is 10.1. The molecule has 0 saturated carbocycles. The molecule has 5 N–H and O–H groups in total. The lowest BCUT2D eigenvalue weighted by Gasteiger charge is -2.10. The lowest BCUT2D eigenvalue weighted by Crippen LogP contribution is -2.29.